The lowest BCUT2D eigenvalue weighted by molar-refractivity contribution is 0.0945. The van der Waals surface area contributed by atoms with Crippen LogP contribution in [0.15, 0.2) is 54.9 Å². The van der Waals surface area contributed by atoms with Crippen molar-refractivity contribution in [3.8, 4) is 5.69 Å². The number of carbonyl (C=O) groups is 1. The molecule has 1 aromatic carbocycles. The molecule has 0 unspecified atom stereocenters. The van der Waals surface area contributed by atoms with Gasteiger partial charge in [-0.05, 0) is 30.3 Å². The van der Waals surface area contributed by atoms with E-state index in [1.165, 1.54) is 23.0 Å². The SMILES string of the molecule is O=C(NCc1ccccn1)c1cn(-c2cccc(F)c2)nn1. The van der Waals surface area contributed by atoms with E-state index in [9.17, 15) is 9.18 Å². The van der Waals surface area contributed by atoms with Gasteiger partial charge in [0.1, 0.15) is 5.82 Å². The molecule has 0 aliphatic carbocycles. The average Bonchev–Trinajstić information content (AvgIpc) is 3.04. The Morgan fingerprint density at radius 3 is 2.91 bits per heavy atom. The Kier molecular flexibility index (Phi) is 3.86. The maximum atomic E-state index is 13.2. The first-order valence-electron chi connectivity index (χ1n) is 6.59. The first-order valence-corrected chi connectivity index (χ1v) is 6.59. The molecule has 0 saturated carbocycles. The van der Waals surface area contributed by atoms with Crippen LogP contribution in [0.1, 0.15) is 16.2 Å². The molecule has 0 radical (unpaired) electrons. The molecule has 0 spiro atoms. The molecule has 1 N–H and O–H groups in total. The second kappa shape index (κ2) is 6.13. The van der Waals surface area contributed by atoms with Gasteiger partial charge in [-0.3, -0.25) is 9.78 Å². The second-order valence-corrected chi connectivity index (χ2v) is 4.53. The lowest BCUT2D eigenvalue weighted by Crippen LogP contribution is -2.23. The Hall–Kier alpha value is -3.09. The molecule has 0 bridgehead atoms. The minimum Gasteiger partial charge on any atom is -0.345 e. The smallest absolute Gasteiger partial charge is 0.273 e. The number of hydrogen-bond donors (Lipinski definition) is 1. The monoisotopic (exact) mass is 297 g/mol. The summed E-state index contributed by atoms with van der Waals surface area (Å²) in [6, 6.07) is 11.3. The number of aromatic nitrogens is 4. The van der Waals surface area contributed by atoms with Gasteiger partial charge in [-0.25, -0.2) is 9.07 Å². The van der Waals surface area contributed by atoms with E-state index in [2.05, 4.69) is 20.6 Å². The van der Waals surface area contributed by atoms with Gasteiger partial charge in [0, 0.05) is 6.20 Å². The van der Waals surface area contributed by atoms with E-state index in [-0.39, 0.29) is 17.4 Å². The molecule has 7 heteroatoms. The zero-order valence-electron chi connectivity index (χ0n) is 11.5. The number of nitrogens with one attached hydrogen (secondary N) is 1. The number of hydrogen-bond acceptors (Lipinski definition) is 4. The molecule has 1 amide bonds. The zero-order chi connectivity index (χ0) is 15.4. The Bertz CT molecular complexity index is 787. The normalized spacial score (nSPS) is 10.4. The summed E-state index contributed by atoms with van der Waals surface area (Å²) in [6.07, 6.45) is 3.10. The van der Waals surface area contributed by atoms with E-state index in [1.807, 2.05) is 12.1 Å². The van der Waals surface area contributed by atoms with Crippen molar-refractivity contribution < 1.29 is 9.18 Å². The molecule has 0 atom stereocenters. The van der Waals surface area contributed by atoms with Crippen LogP contribution in [0.2, 0.25) is 0 Å². The van der Waals surface area contributed by atoms with Crippen LogP contribution >= 0.6 is 0 Å². The maximum Gasteiger partial charge on any atom is 0.273 e. The average molecular weight is 297 g/mol. The van der Waals surface area contributed by atoms with E-state index in [0.29, 0.717) is 12.2 Å². The van der Waals surface area contributed by atoms with Crippen LogP contribution in [0.25, 0.3) is 5.69 Å². The molecule has 0 saturated heterocycles. The van der Waals surface area contributed by atoms with Crippen LogP contribution in [0.5, 0.6) is 0 Å². The van der Waals surface area contributed by atoms with Crippen molar-refractivity contribution in [3.05, 3.63) is 72.1 Å². The summed E-state index contributed by atoms with van der Waals surface area (Å²) in [5, 5.41) is 10.3. The number of pyridine rings is 1. The number of carbonyl (C=O) groups excluding carboxylic acids is 1. The van der Waals surface area contributed by atoms with E-state index >= 15 is 0 Å². The lowest BCUT2D eigenvalue weighted by atomic mass is 10.3. The highest BCUT2D eigenvalue weighted by Gasteiger charge is 2.11. The van der Waals surface area contributed by atoms with Crippen LogP contribution in [0.3, 0.4) is 0 Å². The van der Waals surface area contributed by atoms with Crippen molar-refractivity contribution in [1.82, 2.24) is 25.3 Å². The fourth-order valence-electron chi connectivity index (χ4n) is 1.88. The highest BCUT2D eigenvalue weighted by atomic mass is 19.1. The van der Waals surface area contributed by atoms with Crippen LogP contribution < -0.4 is 5.32 Å². The van der Waals surface area contributed by atoms with Crippen molar-refractivity contribution in [2.75, 3.05) is 0 Å². The summed E-state index contributed by atoms with van der Waals surface area (Å²) < 4.78 is 14.5. The number of benzene rings is 1. The molecular formula is C15H12FN5O. The maximum absolute atomic E-state index is 13.2. The molecule has 3 aromatic rings. The Morgan fingerprint density at radius 1 is 1.23 bits per heavy atom. The zero-order valence-corrected chi connectivity index (χ0v) is 11.5. The number of amides is 1. The summed E-state index contributed by atoms with van der Waals surface area (Å²) in [6.45, 7) is 0.298. The molecular weight excluding hydrogens is 285 g/mol. The van der Waals surface area contributed by atoms with Gasteiger partial charge in [0.25, 0.3) is 5.91 Å². The molecule has 0 aliphatic heterocycles. The van der Waals surface area contributed by atoms with Gasteiger partial charge in [0.15, 0.2) is 5.69 Å². The topological polar surface area (TPSA) is 72.7 Å². The fraction of sp³-hybridized carbons (Fsp3) is 0.0667. The fourth-order valence-corrected chi connectivity index (χ4v) is 1.88. The minimum atomic E-state index is -0.380. The standard InChI is InChI=1S/C15H12FN5O/c16-11-4-3-6-13(8-11)21-10-14(19-20-21)15(22)18-9-12-5-1-2-7-17-12/h1-8,10H,9H2,(H,18,22). The van der Waals surface area contributed by atoms with Crippen LogP contribution in [-0.4, -0.2) is 25.9 Å². The van der Waals surface area contributed by atoms with Crippen molar-refractivity contribution in [2.24, 2.45) is 0 Å². The summed E-state index contributed by atoms with van der Waals surface area (Å²) in [5.41, 5.74) is 1.39. The van der Waals surface area contributed by atoms with Crippen LogP contribution in [0.4, 0.5) is 4.39 Å². The molecule has 6 nitrogen and oxygen atoms in total. The Morgan fingerprint density at radius 2 is 2.14 bits per heavy atom. The summed E-state index contributed by atoms with van der Waals surface area (Å²) in [7, 11) is 0. The van der Waals surface area contributed by atoms with Crippen molar-refractivity contribution in [2.45, 2.75) is 6.54 Å². The number of halogens is 1. The predicted molar refractivity (Wildman–Crippen MR) is 76.7 cm³/mol. The molecule has 22 heavy (non-hydrogen) atoms. The summed E-state index contributed by atoms with van der Waals surface area (Å²) in [4.78, 5) is 16.1. The third kappa shape index (κ3) is 3.14. The van der Waals surface area contributed by atoms with Gasteiger partial charge >= 0.3 is 0 Å². The number of nitrogens with zero attached hydrogens (tertiary/aromatic N) is 4. The van der Waals surface area contributed by atoms with Gasteiger partial charge < -0.3 is 5.32 Å². The van der Waals surface area contributed by atoms with Crippen LogP contribution in [-0.2, 0) is 6.54 Å². The van der Waals surface area contributed by atoms with E-state index < -0.39 is 0 Å². The number of rotatable bonds is 4. The highest BCUT2D eigenvalue weighted by Crippen LogP contribution is 2.08. The van der Waals surface area contributed by atoms with E-state index in [4.69, 9.17) is 0 Å². The first-order chi connectivity index (χ1) is 10.7. The second-order valence-electron chi connectivity index (χ2n) is 4.53. The van der Waals surface area contributed by atoms with Crippen LogP contribution in [0, 0.1) is 5.82 Å². The largest absolute Gasteiger partial charge is 0.345 e. The van der Waals surface area contributed by atoms with Crippen molar-refractivity contribution in [1.29, 1.82) is 0 Å². The Labute approximate surface area is 125 Å². The molecule has 110 valence electrons. The van der Waals surface area contributed by atoms with E-state index in [1.54, 1.807) is 24.4 Å². The third-order valence-corrected chi connectivity index (χ3v) is 2.95. The molecule has 0 fully saturated rings. The highest BCUT2D eigenvalue weighted by molar-refractivity contribution is 5.91. The molecule has 3 rings (SSSR count). The van der Waals surface area contributed by atoms with Gasteiger partial charge in [-0.1, -0.05) is 17.3 Å². The quantitative estimate of drug-likeness (QED) is 0.796. The molecule has 2 heterocycles. The predicted octanol–water partition coefficient (Wildman–Crippen LogP) is 1.73. The van der Waals surface area contributed by atoms with Gasteiger partial charge in [-0.2, -0.15) is 0 Å². The van der Waals surface area contributed by atoms with Gasteiger partial charge in [-0.15, -0.1) is 5.10 Å². The first kappa shape index (κ1) is 13.9. The van der Waals surface area contributed by atoms with Crippen molar-refractivity contribution >= 4 is 5.91 Å². The molecule has 0 aliphatic rings. The Balaban J connectivity index is 1.69. The third-order valence-electron chi connectivity index (χ3n) is 2.95. The van der Waals surface area contributed by atoms with Crippen molar-refractivity contribution in [3.63, 3.8) is 0 Å². The minimum absolute atomic E-state index is 0.153. The molecule has 2 aromatic heterocycles. The summed E-state index contributed by atoms with van der Waals surface area (Å²) >= 11 is 0. The van der Waals surface area contributed by atoms with E-state index in [0.717, 1.165) is 5.69 Å². The van der Waals surface area contributed by atoms with Gasteiger partial charge in [0.2, 0.25) is 0 Å². The van der Waals surface area contributed by atoms with Gasteiger partial charge in [0.05, 0.1) is 24.1 Å². The lowest BCUT2D eigenvalue weighted by Gasteiger charge is -2.01. The summed E-state index contributed by atoms with van der Waals surface area (Å²) in [5.74, 6) is -0.748.